The zero-order valence-corrected chi connectivity index (χ0v) is 12.5. The molecule has 2 atom stereocenters. The standard InChI is InChI=1S/C15H24O5/c1-17-13(16)9-7-5-4-6-8-11-15(19-3)12-10-14(18-2)20-15/h8,10-12,14H,4-7,9H2,1-3H3. The average molecular weight is 284 g/mol. The maximum atomic E-state index is 10.9. The number of methoxy groups -OCH3 is 3. The van der Waals surface area contributed by atoms with E-state index in [4.69, 9.17) is 14.2 Å². The first-order valence-corrected chi connectivity index (χ1v) is 6.85. The third-order valence-electron chi connectivity index (χ3n) is 3.17. The number of hydrogen-bond acceptors (Lipinski definition) is 5. The number of unbranched alkanes of at least 4 members (excludes halogenated alkanes) is 3. The summed E-state index contributed by atoms with van der Waals surface area (Å²) >= 11 is 0. The van der Waals surface area contributed by atoms with Crippen LogP contribution in [0.4, 0.5) is 0 Å². The molecule has 0 aromatic rings. The molecule has 0 aliphatic carbocycles. The Morgan fingerprint density at radius 3 is 2.70 bits per heavy atom. The summed E-state index contributed by atoms with van der Waals surface area (Å²) in [5.41, 5.74) is 0. The molecule has 0 radical (unpaired) electrons. The van der Waals surface area contributed by atoms with Crippen LogP contribution in [0.1, 0.15) is 32.1 Å². The molecule has 1 rings (SSSR count). The molecule has 0 saturated carbocycles. The van der Waals surface area contributed by atoms with Crippen LogP contribution in [0.25, 0.3) is 0 Å². The van der Waals surface area contributed by atoms with Crippen LogP contribution in [0.2, 0.25) is 0 Å². The summed E-state index contributed by atoms with van der Waals surface area (Å²) in [5, 5.41) is 0. The maximum absolute atomic E-state index is 10.9. The second-order valence-corrected chi connectivity index (χ2v) is 4.58. The van der Waals surface area contributed by atoms with Crippen LogP contribution in [0.5, 0.6) is 0 Å². The largest absolute Gasteiger partial charge is 0.469 e. The molecule has 20 heavy (non-hydrogen) atoms. The highest BCUT2D eigenvalue weighted by molar-refractivity contribution is 5.68. The fraction of sp³-hybridized carbons (Fsp3) is 0.667. The van der Waals surface area contributed by atoms with Gasteiger partial charge in [0.25, 0.3) is 0 Å². The Kier molecular flexibility index (Phi) is 7.51. The molecular weight excluding hydrogens is 260 g/mol. The monoisotopic (exact) mass is 284 g/mol. The van der Waals surface area contributed by atoms with Gasteiger partial charge in [-0.1, -0.05) is 12.5 Å². The minimum absolute atomic E-state index is 0.144. The zero-order chi connectivity index (χ0) is 14.8. The lowest BCUT2D eigenvalue weighted by molar-refractivity contribution is -0.216. The fourth-order valence-corrected chi connectivity index (χ4v) is 1.94. The highest BCUT2D eigenvalue weighted by Gasteiger charge is 2.32. The van der Waals surface area contributed by atoms with Crippen LogP contribution in [0, 0.1) is 0 Å². The summed E-state index contributed by atoms with van der Waals surface area (Å²) in [5.74, 6) is -0.957. The van der Waals surface area contributed by atoms with Crippen molar-refractivity contribution in [2.24, 2.45) is 0 Å². The number of rotatable bonds is 9. The number of carbonyl (C=O) groups is 1. The summed E-state index contributed by atoms with van der Waals surface area (Å²) < 4.78 is 20.7. The van der Waals surface area contributed by atoms with Gasteiger partial charge in [0.15, 0.2) is 6.29 Å². The molecule has 1 aliphatic heterocycles. The van der Waals surface area contributed by atoms with E-state index in [-0.39, 0.29) is 12.3 Å². The minimum atomic E-state index is -0.813. The topological polar surface area (TPSA) is 54.0 Å². The Hall–Kier alpha value is -1.17. The number of esters is 1. The van der Waals surface area contributed by atoms with Crippen molar-refractivity contribution in [1.29, 1.82) is 0 Å². The van der Waals surface area contributed by atoms with Crippen LogP contribution in [-0.4, -0.2) is 39.4 Å². The Bertz CT molecular complexity index is 350. The molecule has 0 N–H and O–H groups in total. The van der Waals surface area contributed by atoms with E-state index in [0.29, 0.717) is 6.42 Å². The molecule has 2 unspecified atom stereocenters. The van der Waals surface area contributed by atoms with E-state index in [1.54, 1.807) is 14.2 Å². The molecule has 0 fully saturated rings. The van der Waals surface area contributed by atoms with Gasteiger partial charge >= 0.3 is 5.97 Å². The molecular formula is C15H24O5. The van der Waals surface area contributed by atoms with E-state index in [9.17, 15) is 4.79 Å². The third kappa shape index (κ3) is 5.45. The number of hydrogen-bond donors (Lipinski definition) is 0. The second-order valence-electron chi connectivity index (χ2n) is 4.58. The number of ether oxygens (including phenoxy) is 4. The quantitative estimate of drug-likeness (QED) is 0.370. The van der Waals surface area contributed by atoms with Gasteiger partial charge in [-0.05, 0) is 37.5 Å². The highest BCUT2D eigenvalue weighted by atomic mass is 16.8. The van der Waals surface area contributed by atoms with Gasteiger partial charge in [0.2, 0.25) is 5.79 Å². The van der Waals surface area contributed by atoms with Gasteiger partial charge in [-0.3, -0.25) is 4.79 Å². The smallest absolute Gasteiger partial charge is 0.305 e. The SMILES string of the molecule is COC(=O)CCCCCC=CC1(OC)C=CC(OC)O1. The molecule has 5 heteroatoms. The lowest BCUT2D eigenvalue weighted by Crippen LogP contribution is -2.29. The van der Waals surface area contributed by atoms with Crippen LogP contribution in [-0.2, 0) is 23.7 Å². The molecule has 0 amide bonds. The van der Waals surface area contributed by atoms with E-state index >= 15 is 0 Å². The van der Waals surface area contributed by atoms with E-state index in [0.717, 1.165) is 25.7 Å². The minimum Gasteiger partial charge on any atom is -0.469 e. The Labute approximate surface area is 120 Å². The predicted molar refractivity (Wildman–Crippen MR) is 75.0 cm³/mol. The normalized spacial score (nSPS) is 25.4. The Morgan fingerprint density at radius 2 is 2.10 bits per heavy atom. The zero-order valence-electron chi connectivity index (χ0n) is 12.5. The second kappa shape index (κ2) is 8.89. The maximum Gasteiger partial charge on any atom is 0.305 e. The van der Waals surface area contributed by atoms with Crippen molar-refractivity contribution < 1.29 is 23.7 Å². The van der Waals surface area contributed by atoms with Crippen molar-refractivity contribution in [3.63, 3.8) is 0 Å². The first-order chi connectivity index (χ1) is 9.65. The van der Waals surface area contributed by atoms with E-state index in [1.807, 2.05) is 24.3 Å². The summed E-state index contributed by atoms with van der Waals surface area (Å²) in [6.07, 6.45) is 11.5. The van der Waals surface area contributed by atoms with Crippen molar-refractivity contribution >= 4 is 5.97 Å². The van der Waals surface area contributed by atoms with Crippen LogP contribution in [0.15, 0.2) is 24.3 Å². The summed E-state index contributed by atoms with van der Waals surface area (Å²) in [7, 11) is 4.60. The van der Waals surface area contributed by atoms with E-state index in [2.05, 4.69) is 4.74 Å². The molecule has 0 aromatic heterocycles. The lowest BCUT2D eigenvalue weighted by Gasteiger charge is -2.23. The number of carbonyl (C=O) groups excluding carboxylic acids is 1. The molecule has 5 nitrogen and oxygen atoms in total. The van der Waals surface area contributed by atoms with Gasteiger partial charge in [0.05, 0.1) is 7.11 Å². The van der Waals surface area contributed by atoms with Crippen LogP contribution < -0.4 is 0 Å². The van der Waals surface area contributed by atoms with Crippen molar-refractivity contribution in [1.82, 2.24) is 0 Å². The van der Waals surface area contributed by atoms with Crippen LogP contribution in [0.3, 0.4) is 0 Å². The van der Waals surface area contributed by atoms with Crippen molar-refractivity contribution in [2.45, 2.75) is 44.2 Å². The van der Waals surface area contributed by atoms with Crippen molar-refractivity contribution in [2.75, 3.05) is 21.3 Å². The van der Waals surface area contributed by atoms with E-state index < -0.39 is 5.79 Å². The Morgan fingerprint density at radius 1 is 1.30 bits per heavy atom. The van der Waals surface area contributed by atoms with Gasteiger partial charge in [-0.2, -0.15) is 0 Å². The van der Waals surface area contributed by atoms with Crippen LogP contribution >= 0.6 is 0 Å². The first-order valence-electron chi connectivity index (χ1n) is 6.85. The van der Waals surface area contributed by atoms with Gasteiger partial charge in [0.1, 0.15) is 0 Å². The summed E-state index contributed by atoms with van der Waals surface area (Å²) in [6.45, 7) is 0. The third-order valence-corrected chi connectivity index (χ3v) is 3.17. The van der Waals surface area contributed by atoms with Gasteiger partial charge in [-0.25, -0.2) is 0 Å². The molecule has 0 spiro atoms. The average Bonchev–Trinajstić information content (AvgIpc) is 2.90. The molecule has 0 saturated heterocycles. The van der Waals surface area contributed by atoms with E-state index in [1.165, 1.54) is 7.11 Å². The molecule has 1 heterocycles. The molecule has 114 valence electrons. The molecule has 0 aromatic carbocycles. The summed E-state index contributed by atoms with van der Waals surface area (Å²) in [6, 6.07) is 0. The Balaban J connectivity index is 2.20. The highest BCUT2D eigenvalue weighted by Crippen LogP contribution is 2.26. The number of allylic oxidation sites excluding steroid dienone is 1. The fourth-order valence-electron chi connectivity index (χ4n) is 1.94. The van der Waals surface area contributed by atoms with Gasteiger partial charge < -0.3 is 18.9 Å². The lowest BCUT2D eigenvalue weighted by atomic mass is 10.1. The van der Waals surface area contributed by atoms with Gasteiger partial charge in [-0.15, -0.1) is 0 Å². The van der Waals surface area contributed by atoms with Crippen molar-refractivity contribution in [3.05, 3.63) is 24.3 Å². The molecule has 0 bridgehead atoms. The van der Waals surface area contributed by atoms with Crippen molar-refractivity contribution in [3.8, 4) is 0 Å². The molecule has 1 aliphatic rings. The predicted octanol–water partition coefficient (Wildman–Crippen LogP) is 2.57. The van der Waals surface area contributed by atoms with Gasteiger partial charge in [0, 0.05) is 20.6 Å². The first kappa shape index (κ1) is 16.9. The summed E-state index contributed by atoms with van der Waals surface area (Å²) in [4.78, 5) is 10.9.